The van der Waals surface area contributed by atoms with E-state index in [1.54, 1.807) is 7.11 Å². The molecule has 0 aliphatic heterocycles. The monoisotopic (exact) mass is 248 g/mol. The van der Waals surface area contributed by atoms with Crippen LogP contribution in [-0.2, 0) is 9.51 Å². The summed E-state index contributed by atoms with van der Waals surface area (Å²) in [6.45, 7) is 0. The first-order valence-corrected chi connectivity index (χ1v) is 5.18. The quantitative estimate of drug-likeness (QED) is 0.603. The molecule has 0 bridgehead atoms. The van der Waals surface area contributed by atoms with Gasteiger partial charge in [-0.1, -0.05) is 28.1 Å². The zero-order valence-corrected chi connectivity index (χ0v) is 9.02. The number of alkyl halides is 1. The molecule has 0 saturated carbocycles. The fourth-order valence-electron chi connectivity index (χ4n) is 0.707. The molecule has 0 spiro atoms. The maximum absolute atomic E-state index is 5.13. The van der Waals surface area contributed by atoms with E-state index in [2.05, 4.69) is 20.1 Å². The van der Waals surface area contributed by atoms with Gasteiger partial charge >= 0.3 is 0 Å². The van der Waals surface area contributed by atoms with E-state index in [0.717, 1.165) is 23.4 Å². The molecule has 1 aromatic rings. The van der Waals surface area contributed by atoms with Crippen molar-refractivity contribution in [3.05, 3.63) is 29.8 Å². The molecular weight excluding hydrogens is 240 g/mol. The lowest BCUT2D eigenvalue weighted by molar-refractivity contribution is 0.439. The lowest BCUT2D eigenvalue weighted by Crippen LogP contribution is -1.82. The summed E-state index contributed by atoms with van der Waals surface area (Å²) in [7, 11) is 1.57. The standard InChI is InChI=1S/C8H9BrO2S/c1-10-12-11-8-4-2-7(6-9)3-5-8/h2-5H,6H2,1H3. The Morgan fingerprint density at radius 1 is 1.33 bits per heavy atom. The van der Waals surface area contributed by atoms with Gasteiger partial charge in [0, 0.05) is 5.33 Å². The summed E-state index contributed by atoms with van der Waals surface area (Å²) in [5.41, 5.74) is 1.23. The Morgan fingerprint density at radius 2 is 2.00 bits per heavy atom. The van der Waals surface area contributed by atoms with Crippen molar-refractivity contribution in [1.29, 1.82) is 0 Å². The molecule has 0 radical (unpaired) electrons. The third-order valence-corrected chi connectivity index (χ3v) is 2.32. The SMILES string of the molecule is COSOc1ccc(CBr)cc1. The normalized spacial score (nSPS) is 9.83. The number of halogens is 1. The van der Waals surface area contributed by atoms with Crippen LogP contribution < -0.4 is 4.18 Å². The second kappa shape index (κ2) is 5.45. The first-order valence-electron chi connectivity index (χ1n) is 3.39. The van der Waals surface area contributed by atoms with Crippen LogP contribution in [0.3, 0.4) is 0 Å². The van der Waals surface area contributed by atoms with E-state index in [4.69, 9.17) is 4.18 Å². The average molecular weight is 249 g/mol. The molecule has 2 nitrogen and oxygen atoms in total. The summed E-state index contributed by atoms with van der Waals surface area (Å²) < 4.78 is 9.82. The third-order valence-electron chi connectivity index (χ3n) is 1.28. The molecule has 0 atom stereocenters. The van der Waals surface area contributed by atoms with Crippen LogP contribution in [-0.4, -0.2) is 7.11 Å². The topological polar surface area (TPSA) is 18.5 Å². The Labute approximate surface area is 84.8 Å². The van der Waals surface area contributed by atoms with E-state index in [1.165, 1.54) is 5.56 Å². The van der Waals surface area contributed by atoms with Crippen LogP contribution in [0, 0.1) is 0 Å². The van der Waals surface area contributed by atoms with Gasteiger partial charge in [-0.2, -0.15) is 0 Å². The predicted octanol–water partition coefficient (Wildman–Crippen LogP) is 3.17. The van der Waals surface area contributed by atoms with Crippen LogP contribution in [0.5, 0.6) is 5.75 Å². The average Bonchev–Trinajstić information content (AvgIpc) is 2.15. The Balaban J connectivity index is 2.53. The van der Waals surface area contributed by atoms with Crippen molar-refractivity contribution in [2.75, 3.05) is 7.11 Å². The fraction of sp³-hybridized carbons (Fsp3) is 0.250. The van der Waals surface area contributed by atoms with E-state index in [9.17, 15) is 0 Å². The van der Waals surface area contributed by atoms with Gasteiger partial charge in [-0.05, 0) is 17.7 Å². The van der Waals surface area contributed by atoms with Crippen molar-refractivity contribution < 1.29 is 8.37 Å². The molecule has 4 heteroatoms. The largest absolute Gasteiger partial charge is 0.400 e. The second-order valence-corrected chi connectivity index (χ2v) is 3.29. The minimum atomic E-state index is 0.798. The van der Waals surface area contributed by atoms with Gasteiger partial charge in [-0.15, -0.1) is 0 Å². The molecule has 66 valence electrons. The lowest BCUT2D eigenvalue weighted by atomic mass is 10.2. The fourth-order valence-corrected chi connectivity index (χ4v) is 1.34. The maximum Gasteiger partial charge on any atom is 0.225 e. The van der Waals surface area contributed by atoms with Crippen LogP contribution in [0.25, 0.3) is 0 Å². The molecule has 0 N–H and O–H groups in total. The third kappa shape index (κ3) is 3.05. The van der Waals surface area contributed by atoms with Gasteiger partial charge in [0.15, 0.2) is 0 Å². The Kier molecular flexibility index (Phi) is 4.50. The number of hydrogen-bond donors (Lipinski definition) is 0. The highest BCUT2D eigenvalue weighted by Crippen LogP contribution is 2.18. The van der Waals surface area contributed by atoms with Gasteiger partial charge in [-0.25, -0.2) is 0 Å². The maximum atomic E-state index is 5.13. The number of benzene rings is 1. The Morgan fingerprint density at radius 3 is 2.50 bits per heavy atom. The smallest absolute Gasteiger partial charge is 0.225 e. The molecule has 12 heavy (non-hydrogen) atoms. The Bertz CT molecular complexity index is 225. The molecule has 0 aromatic heterocycles. The highest BCUT2D eigenvalue weighted by molar-refractivity contribution is 9.08. The first kappa shape index (κ1) is 9.89. The van der Waals surface area contributed by atoms with Crippen LogP contribution in [0.2, 0.25) is 0 Å². The first-order chi connectivity index (χ1) is 5.86. The molecule has 0 unspecified atom stereocenters. The van der Waals surface area contributed by atoms with Gasteiger partial charge in [0.25, 0.3) is 0 Å². The van der Waals surface area contributed by atoms with Crippen molar-refractivity contribution in [3.8, 4) is 5.75 Å². The van der Waals surface area contributed by atoms with E-state index in [-0.39, 0.29) is 0 Å². The van der Waals surface area contributed by atoms with Crippen LogP contribution in [0.15, 0.2) is 24.3 Å². The Hall–Kier alpha value is -0.190. The minimum absolute atomic E-state index is 0.798. The summed E-state index contributed by atoms with van der Waals surface area (Å²) >= 11 is 4.33. The van der Waals surface area contributed by atoms with E-state index in [1.807, 2.05) is 24.3 Å². The van der Waals surface area contributed by atoms with E-state index >= 15 is 0 Å². The van der Waals surface area contributed by atoms with Crippen molar-refractivity contribution in [2.45, 2.75) is 5.33 Å². The zero-order valence-electron chi connectivity index (χ0n) is 6.62. The molecule has 1 rings (SSSR count). The van der Waals surface area contributed by atoms with Crippen molar-refractivity contribution >= 4 is 28.3 Å². The molecular formula is C8H9BrO2S. The second-order valence-electron chi connectivity index (χ2n) is 2.10. The van der Waals surface area contributed by atoms with Gasteiger partial charge < -0.3 is 4.18 Å². The molecule has 0 aliphatic rings. The minimum Gasteiger partial charge on any atom is -0.400 e. The molecule has 0 amide bonds. The van der Waals surface area contributed by atoms with Crippen molar-refractivity contribution in [1.82, 2.24) is 0 Å². The lowest BCUT2D eigenvalue weighted by Gasteiger charge is -2.01. The molecule has 1 aromatic carbocycles. The number of hydrogen-bond acceptors (Lipinski definition) is 3. The number of rotatable bonds is 4. The van der Waals surface area contributed by atoms with Crippen LogP contribution in [0.4, 0.5) is 0 Å². The van der Waals surface area contributed by atoms with E-state index < -0.39 is 0 Å². The highest BCUT2D eigenvalue weighted by atomic mass is 79.9. The van der Waals surface area contributed by atoms with Gasteiger partial charge in [-0.3, -0.25) is 4.18 Å². The summed E-state index contributed by atoms with van der Waals surface area (Å²) in [4.78, 5) is 0. The van der Waals surface area contributed by atoms with Gasteiger partial charge in [0.05, 0.1) is 7.11 Å². The van der Waals surface area contributed by atoms with E-state index in [0.29, 0.717) is 0 Å². The van der Waals surface area contributed by atoms with Crippen LogP contribution in [0.1, 0.15) is 5.56 Å². The van der Waals surface area contributed by atoms with Crippen molar-refractivity contribution in [2.24, 2.45) is 0 Å². The summed E-state index contributed by atoms with van der Waals surface area (Å²) in [6.07, 6.45) is 0. The van der Waals surface area contributed by atoms with Crippen LogP contribution >= 0.6 is 28.3 Å². The zero-order chi connectivity index (χ0) is 8.81. The summed E-state index contributed by atoms with van der Waals surface area (Å²) in [6, 6.07) is 7.81. The predicted molar refractivity (Wildman–Crippen MR) is 54.3 cm³/mol. The van der Waals surface area contributed by atoms with Crippen molar-refractivity contribution in [3.63, 3.8) is 0 Å². The molecule has 0 saturated heterocycles. The molecule has 0 aliphatic carbocycles. The highest BCUT2D eigenvalue weighted by Gasteiger charge is 1.94. The van der Waals surface area contributed by atoms with Gasteiger partial charge in [0.1, 0.15) is 5.75 Å². The molecule has 0 heterocycles. The summed E-state index contributed by atoms with van der Waals surface area (Å²) in [5, 5.41) is 0.866. The molecule has 0 fully saturated rings. The summed E-state index contributed by atoms with van der Waals surface area (Å²) in [5.74, 6) is 0.798. The van der Waals surface area contributed by atoms with Gasteiger partial charge in [0.2, 0.25) is 12.3 Å².